The Labute approximate surface area is 126 Å². The van der Waals surface area contributed by atoms with Gasteiger partial charge in [0.1, 0.15) is 5.82 Å². The number of halogens is 5. The van der Waals surface area contributed by atoms with E-state index < -0.39 is 22.4 Å². The second-order valence-electron chi connectivity index (χ2n) is 4.25. The maximum atomic E-state index is 13.8. The Morgan fingerprint density at radius 1 is 1.20 bits per heavy atom. The Kier molecular flexibility index (Phi) is 4.54. The average molecular weight is 367 g/mol. The lowest BCUT2D eigenvalue weighted by Gasteiger charge is -2.13. The predicted octanol–water partition coefficient (Wildman–Crippen LogP) is 5.95. The Balaban J connectivity index is 2.40. The van der Waals surface area contributed by atoms with Crippen molar-refractivity contribution >= 4 is 27.3 Å². The number of aryl methyl sites for hydroxylation is 1. The van der Waals surface area contributed by atoms with Gasteiger partial charge < -0.3 is 0 Å². The van der Waals surface area contributed by atoms with Gasteiger partial charge in [-0.1, -0.05) is 22.9 Å². The van der Waals surface area contributed by atoms with Gasteiger partial charge in [0, 0.05) is 15.3 Å². The minimum Gasteiger partial charge on any atom is -0.207 e. The van der Waals surface area contributed by atoms with E-state index in [0.717, 1.165) is 34.4 Å². The minimum atomic E-state index is -4.47. The molecule has 0 saturated heterocycles. The topological polar surface area (TPSA) is 0 Å². The summed E-state index contributed by atoms with van der Waals surface area (Å²) in [4.78, 5) is 1.33. The van der Waals surface area contributed by atoms with Gasteiger partial charge in [-0.2, -0.15) is 13.2 Å². The standard InChI is InChI=1S/C14H11BrF4S/c1-2-9-4-6-12(20-9)13(15)10-7-8(14(17,18)19)3-5-11(10)16/h3-7,13H,2H2,1H3. The molecule has 1 aromatic carbocycles. The lowest BCUT2D eigenvalue weighted by molar-refractivity contribution is -0.137. The number of hydrogen-bond acceptors (Lipinski definition) is 1. The average Bonchev–Trinajstić information content (AvgIpc) is 2.86. The SMILES string of the molecule is CCc1ccc(C(Br)c2cc(C(F)(F)F)ccc2F)s1. The molecule has 108 valence electrons. The monoisotopic (exact) mass is 366 g/mol. The fourth-order valence-electron chi connectivity index (χ4n) is 1.79. The molecule has 0 aliphatic heterocycles. The van der Waals surface area contributed by atoms with E-state index in [1.54, 1.807) is 0 Å². The molecule has 1 heterocycles. The van der Waals surface area contributed by atoms with Crippen molar-refractivity contribution in [3.05, 3.63) is 57.0 Å². The number of thiophene rings is 1. The van der Waals surface area contributed by atoms with Gasteiger partial charge in [0.15, 0.2) is 0 Å². The maximum absolute atomic E-state index is 13.8. The Bertz CT molecular complexity index is 603. The fourth-order valence-corrected chi connectivity index (χ4v) is 3.52. The molecule has 1 atom stereocenters. The summed E-state index contributed by atoms with van der Waals surface area (Å²) in [7, 11) is 0. The summed E-state index contributed by atoms with van der Waals surface area (Å²) in [5.74, 6) is -0.647. The van der Waals surface area contributed by atoms with Crippen LogP contribution in [0.4, 0.5) is 17.6 Å². The molecule has 0 spiro atoms. The van der Waals surface area contributed by atoms with Crippen LogP contribution in [0.15, 0.2) is 30.3 Å². The fraction of sp³-hybridized carbons (Fsp3) is 0.286. The zero-order chi connectivity index (χ0) is 14.9. The molecule has 0 aliphatic rings. The summed E-state index contributed by atoms with van der Waals surface area (Å²) < 4.78 is 51.9. The van der Waals surface area contributed by atoms with Crippen LogP contribution >= 0.6 is 27.3 Å². The summed E-state index contributed by atoms with van der Waals surface area (Å²) in [5, 5.41) is 0. The molecule has 6 heteroatoms. The lowest BCUT2D eigenvalue weighted by Crippen LogP contribution is -2.07. The third-order valence-corrected chi connectivity index (χ3v) is 5.46. The molecular formula is C14H11BrF4S. The van der Waals surface area contributed by atoms with Crippen LogP contribution in [-0.2, 0) is 12.6 Å². The summed E-state index contributed by atoms with van der Waals surface area (Å²) in [5.41, 5.74) is -0.838. The molecule has 0 nitrogen and oxygen atoms in total. The summed E-state index contributed by atoms with van der Waals surface area (Å²) in [6, 6.07) is 6.19. The summed E-state index contributed by atoms with van der Waals surface area (Å²) >= 11 is 4.75. The first-order valence-corrected chi connectivity index (χ1v) is 7.65. The van der Waals surface area contributed by atoms with Crippen molar-refractivity contribution in [1.29, 1.82) is 0 Å². The molecule has 0 aliphatic carbocycles. The smallest absolute Gasteiger partial charge is 0.207 e. The number of rotatable bonds is 3. The Hall–Kier alpha value is -0.880. The molecule has 20 heavy (non-hydrogen) atoms. The molecule has 2 rings (SSSR count). The number of alkyl halides is 4. The predicted molar refractivity (Wildman–Crippen MR) is 75.9 cm³/mol. The molecule has 0 fully saturated rings. The van der Waals surface area contributed by atoms with Crippen molar-refractivity contribution in [1.82, 2.24) is 0 Å². The van der Waals surface area contributed by atoms with E-state index in [0.29, 0.717) is 0 Å². The van der Waals surface area contributed by atoms with Crippen LogP contribution in [0, 0.1) is 5.82 Å². The summed E-state index contributed by atoms with van der Waals surface area (Å²) in [6.45, 7) is 1.99. The van der Waals surface area contributed by atoms with E-state index in [-0.39, 0.29) is 5.56 Å². The van der Waals surface area contributed by atoms with Crippen LogP contribution in [0.1, 0.15) is 32.6 Å². The first-order valence-electron chi connectivity index (χ1n) is 5.92. The molecule has 0 amide bonds. The van der Waals surface area contributed by atoms with Crippen LogP contribution in [0.25, 0.3) is 0 Å². The highest BCUT2D eigenvalue weighted by Crippen LogP contribution is 2.39. The van der Waals surface area contributed by atoms with E-state index in [2.05, 4.69) is 15.9 Å². The van der Waals surface area contributed by atoms with Gasteiger partial charge in [-0.15, -0.1) is 11.3 Å². The Morgan fingerprint density at radius 3 is 2.45 bits per heavy atom. The quantitative estimate of drug-likeness (QED) is 0.464. The van der Waals surface area contributed by atoms with Crippen molar-refractivity contribution in [3.63, 3.8) is 0 Å². The van der Waals surface area contributed by atoms with E-state index in [1.165, 1.54) is 11.3 Å². The highest BCUT2D eigenvalue weighted by Gasteiger charge is 2.32. The molecule has 0 N–H and O–H groups in total. The van der Waals surface area contributed by atoms with Gasteiger partial charge in [0.25, 0.3) is 0 Å². The lowest BCUT2D eigenvalue weighted by atomic mass is 10.1. The van der Waals surface area contributed by atoms with Gasteiger partial charge in [0.2, 0.25) is 0 Å². The zero-order valence-electron chi connectivity index (χ0n) is 10.5. The highest BCUT2D eigenvalue weighted by molar-refractivity contribution is 9.09. The second kappa shape index (κ2) is 5.85. The first-order chi connectivity index (χ1) is 9.32. The molecule has 0 bridgehead atoms. The minimum absolute atomic E-state index is 0.00401. The second-order valence-corrected chi connectivity index (χ2v) is 6.37. The van der Waals surface area contributed by atoms with Gasteiger partial charge in [-0.05, 0) is 36.8 Å². The third kappa shape index (κ3) is 3.23. The normalized spacial score (nSPS) is 13.5. The largest absolute Gasteiger partial charge is 0.416 e. The van der Waals surface area contributed by atoms with Gasteiger partial charge in [-0.3, -0.25) is 0 Å². The van der Waals surface area contributed by atoms with Crippen molar-refractivity contribution in [2.24, 2.45) is 0 Å². The number of benzene rings is 1. The zero-order valence-corrected chi connectivity index (χ0v) is 12.9. The van der Waals surface area contributed by atoms with Crippen molar-refractivity contribution in [2.75, 3.05) is 0 Å². The highest BCUT2D eigenvalue weighted by atomic mass is 79.9. The van der Waals surface area contributed by atoms with E-state index in [4.69, 9.17) is 0 Å². The third-order valence-electron chi connectivity index (χ3n) is 2.88. The van der Waals surface area contributed by atoms with Crippen LogP contribution in [0.2, 0.25) is 0 Å². The number of hydrogen-bond donors (Lipinski definition) is 0. The Morgan fingerprint density at radius 2 is 1.90 bits per heavy atom. The first kappa shape index (κ1) is 15.5. The molecule has 1 aromatic heterocycles. The molecule has 0 saturated carbocycles. The summed E-state index contributed by atoms with van der Waals surface area (Å²) in [6.07, 6.45) is -3.63. The molecule has 0 radical (unpaired) electrons. The van der Waals surface area contributed by atoms with E-state index >= 15 is 0 Å². The van der Waals surface area contributed by atoms with Gasteiger partial charge in [-0.25, -0.2) is 4.39 Å². The van der Waals surface area contributed by atoms with Crippen LogP contribution in [-0.4, -0.2) is 0 Å². The van der Waals surface area contributed by atoms with Crippen LogP contribution in [0.3, 0.4) is 0 Å². The van der Waals surface area contributed by atoms with Gasteiger partial charge >= 0.3 is 6.18 Å². The van der Waals surface area contributed by atoms with Gasteiger partial charge in [0.05, 0.1) is 10.4 Å². The van der Waals surface area contributed by atoms with Crippen LogP contribution in [0.5, 0.6) is 0 Å². The van der Waals surface area contributed by atoms with Crippen molar-refractivity contribution in [2.45, 2.75) is 24.3 Å². The molecular weight excluding hydrogens is 356 g/mol. The molecule has 1 unspecified atom stereocenters. The van der Waals surface area contributed by atoms with Crippen molar-refractivity contribution in [3.8, 4) is 0 Å². The van der Waals surface area contributed by atoms with Crippen molar-refractivity contribution < 1.29 is 17.6 Å². The van der Waals surface area contributed by atoms with Crippen LogP contribution < -0.4 is 0 Å². The van der Waals surface area contributed by atoms with E-state index in [9.17, 15) is 17.6 Å². The molecule has 2 aromatic rings. The maximum Gasteiger partial charge on any atom is 0.416 e. The van der Waals surface area contributed by atoms with E-state index in [1.807, 2.05) is 19.1 Å².